The average molecular weight is 340 g/mol. The first-order valence-corrected chi connectivity index (χ1v) is 8.51. The Labute approximate surface area is 145 Å². The van der Waals surface area contributed by atoms with E-state index in [9.17, 15) is 4.79 Å². The Morgan fingerprint density at radius 1 is 1.08 bits per heavy atom. The maximum absolute atomic E-state index is 12.5. The molecule has 7 nitrogen and oxygen atoms in total. The maximum Gasteiger partial charge on any atom is 0.321 e. The van der Waals surface area contributed by atoms with Crippen molar-refractivity contribution < 1.29 is 14.3 Å². The monoisotopic (exact) mass is 340 g/mol. The van der Waals surface area contributed by atoms with E-state index in [4.69, 9.17) is 9.47 Å². The molecule has 1 aromatic carbocycles. The van der Waals surface area contributed by atoms with Gasteiger partial charge in [0.05, 0.1) is 5.54 Å². The lowest BCUT2D eigenvalue weighted by molar-refractivity contribution is 0.171. The lowest BCUT2D eigenvalue weighted by atomic mass is 9.88. The maximum atomic E-state index is 12.5. The molecule has 1 aliphatic carbocycles. The number of anilines is 1. The Hall–Kier alpha value is -2.83. The summed E-state index contributed by atoms with van der Waals surface area (Å²) in [4.78, 5) is 20.4. The number of urea groups is 1. The van der Waals surface area contributed by atoms with Crippen LogP contribution in [0, 0.1) is 0 Å². The molecule has 1 aromatic heterocycles. The van der Waals surface area contributed by atoms with Gasteiger partial charge in [-0.1, -0.05) is 18.9 Å². The van der Waals surface area contributed by atoms with E-state index in [2.05, 4.69) is 20.6 Å². The number of fused-ring (bicyclic) bond motifs is 1. The molecule has 1 aliphatic heterocycles. The number of ether oxygens (including phenoxy) is 2. The van der Waals surface area contributed by atoms with Gasteiger partial charge in [-0.05, 0) is 36.6 Å². The highest BCUT2D eigenvalue weighted by Gasteiger charge is 2.38. The normalized spacial score (nSPS) is 17.8. The minimum absolute atomic E-state index is 0.268. The van der Waals surface area contributed by atoms with Gasteiger partial charge in [0, 0.05) is 6.20 Å². The zero-order chi connectivity index (χ0) is 17.1. The fourth-order valence-electron chi connectivity index (χ4n) is 3.53. The van der Waals surface area contributed by atoms with Crippen molar-refractivity contribution in [2.75, 3.05) is 18.5 Å². The van der Waals surface area contributed by atoms with E-state index in [0.717, 1.165) is 42.7 Å². The number of nitrogens with zero attached hydrogens (tertiary/aromatic N) is 2. The minimum atomic E-state index is -0.396. The predicted molar refractivity (Wildman–Crippen MR) is 91.8 cm³/mol. The van der Waals surface area contributed by atoms with Gasteiger partial charge >= 0.3 is 6.03 Å². The minimum Gasteiger partial charge on any atom is -0.486 e. The predicted octanol–water partition coefficient (Wildman–Crippen LogP) is 2.84. The zero-order valence-electron chi connectivity index (χ0n) is 13.8. The van der Waals surface area contributed by atoms with Gasteiger partial charge < -0.3 is 14.8 Å². The third kappa shape index (κ3) is 3.22. The van der Waals surface area contributed by atoms with E-state index >= 15 is 0 Å². The third-order valence-corrected chi connectivity index (χ3v) is 4.73. The Balaban J connectivity index is 1.56. The van der Waals surface area contributed by atoms with Crippen LogP contribution in [-0.4, -0.2) is 29.2 Å². The topological polar surface area (TPSA) is 85.4 Å². The standard InChI is InChI=1S/C18H20N4O3/c23-17(21-16-5-8-19-12-20-16)22-18(6-1-2-7-18)13-3-4-14-15(11-13)25-10-9-24-14/h3-5,8,11-12H,1-2,6-7,9-10H2,(H2,19,20,21,22,23). The summed E-state index contributed by atoms with van der Waals surface area (Å²) in [7, 11) is 0. The molecular formula is C18H20N4O3. The fourth-order valence-corrected chi connectivity index (χ4v) is 3.53. The smallest absolute Gasteiger partial charge is 0.321 e. The van der Waals surface area contributed by atoms with E-state index in [-0.39, 0.29) is 6.03 Å². The number of carbonyl (C=O) groups is 1. The van der Waals surface area contributed by atoms with E-state index in [1.54, 1.807) is 12.3 Å². The number of benzene rings is 1. The molecule has 2 amide bonds. The molecule has 1 fully saturated rings. The fraction of sp³-hybridized carbons (Fsp3) is 0.389. The van der Waals surface area contributed by atoms with E-state index in [1.165, 1.54) is 6.33 Å². The summed E-state index contributed by atoms with van der Waals surface area (Å²) < 4.78 is 11.3. The number of hydrogen-bond acceptors (Lipinski definition) is 5. The first kappa shape index (κ1) is 15.7. The summed E-state index contributed by atoms with van der Waals surface area (Å²) in [5.41, 5.74) is 0.652. The Morgan fingerprint density at radius 2 is 1.88 bits per heavy atom. The van der Waals surface area contributed by atoms with Crippen molar-refractivity contribution in [2.24, 2.45) is 0 Å². The molecule has 2 aromatic rings. The molecule has 0 atom stereocenters. The number of aromatic nitrogens is 2. The molecule has 25 heavy (non-hydrogen) atoms. The summed E-state index contributed by atoms with van der Waals surface area (Å²) in [5, 5.41) is 5.93. The number of hydrogen-bond donors (Lipinski definition) is 2. The Kier molecular flexibility index (Phi) is 4.13. The van der Waals surface area contributed by atoms with Crippen molar-refractivity contribution in [3.8, 4) is 11.5 Å². The van der Waals surface area contributed by atoms with Crippen molar-refractivity contribution in [1.29, 1.82) is 0 Å². The Bertz CT molecular complexity index is 760. The molecule has 1 saturated carbocycles. The first-order chi connectivity index (χ1) is 12.3. The van der Waals surface area contributed by atoms with Crippen LogP contribution in [0.3, 0.4) is 0 Å². The van der Waals surface area contributed by atoms with Gasteiger partial charge in [-0.2, -0.15) is 0 Å². The number of amides is 2. The van der Waals surface area contributed by atoms with Gasteiger partial charge in [-0.15, -0.1) is 0 Å². The highest BCUT2D eigenvalue weighted by Crippen LogP contribution is 2.42. The second-order valence-electron chi connectivity index (χ2n) is 6.32. The molecule has 2 N–H and O–H groups in total. The van der Waals surface area contributed by atoms with E-state index < -0.39 is 5.54 Å². The summed E-state index contributed by atoms with van der Waals surface area (Å²) >= 11 is 0. The highest BCUT2D eigenvalue weighted by molar-refractivity contribution is 5.88. The SMILES string of the molecule is O=C(Nc1ccncn1)NC1(c2ccc3c(c2)OCCO3)CCCC1. The molecule has 0 spiro atoms. The van der Waals surface area contributed by atoms with Crippen LogP contribution in [0.15, 0.2) is 36.8 Å². The van der Waals surface area contributed by atoms with Crippen LogP contribution in [0.2, 0.25) is 0 Å². The third-order valence-electron chi connectivity index (χ3n) is 4.73. The molecule has 2 heterocycles. The molecule has 0 saturated heterocycles. The molecule has 4 rings (SSSR count). The molecule has 0 unspecified atom stereocenters. The van der Waals surface area contributed by atoms with Crippen LogP contribution in [0.4, 0.5) is 10.6 Å². The number of nitrogens with one attached hydrogen (secondary N) is 2. The van der Waals surface area contributed by atoms with Gasteiger partial charge in [0.2, 0.25) is 0 Å². The van der Waals surface area contributed by atoms with Crippen molar-refractivity contribution in [3.63, 3.8) is 0 Å². The molecule has 7 heteroatoms. The summed E-state index contributed by atoms with van der Waals surface area (Å²) in [6.45, 7) is 1.11. The molecular weight excluding hydrogens is 320 g/mol. The van der Waals surface area contributed by atoms with Crippen LogP contribution in [0.5, 0.6) is 11.5 Å². The van der Waals surface area contributed by atoms with Gasteiger partial charge in [-0.3, -0.25) is 5.32 Å². The summed E-state index contributed by atoms with van der Waals surface area (Å²) in [6, 6.07) is 7.32. The van der Waals surface area contributed by atoms with Gasteiger partial charge in [0.15, 0.2) is 11.5 Å². The van der Waals surface area contributed by atoms with Crippen LogP contribution in [-0.2, 0) is 5.54 Å². The lowest BCUT2D eigenvalue weighted by Gasteiger charge is -2.32. The summed E-state index contributed by atoms with van der Waals surface area (Å²) in [6.07, 6.45) is 6.93. The van der Waals surface area contributed by atoms with Crippen LogP contribution >= 0.6 is 0 Å². The highest BCUT2D eigenvalue weighted by atomic mass is 16.6. The van der Waals surface area contributed by atoms with Crippen molar-refractivity contribution >= 4 is 11.8 Å². The van der Waals surface area contributed by atoms with Crippen molar-refractivity contribution in [3.05, 3.63) is 42.4 Å². The molecule has 130 valence electrons. The molecule has 2 aliphatic rings. The van der Waals surface area contributed by atoms with Crippen LogP contribution < -0.4 is 20.1 Å². The quantitative estimate of drug-likeness (QED) is 0.897. The molecule has 0 bridgehead atoms. The lowest BCUT2D eigenvalue weighted by Crippen LogP contribution is -2.46. The van der Waals surface area contributed by atoms with Gasteiger partial charge in [-0.25, -0.2) is 14.8 Å². The first-order valence-electron chi connectivity index (χ1n) is 8.51. The second kappa shape index (κ2) is 6.58. The van der Waals surface area contributed by atoms with Gasteiger partial charge in [0.25, 0.3) is 0 Å². The second-order valence-corrected chi connectivity index (χ2v) is 6.32. The van der Waals surface area contributed by atoms with E-state index in [1.807, 2.05) is 18.2 Å². The van der Waals surface area contributed by atoms with Crippen LogP contribution in [0.25, 0.3) is 0 Å². The largest absolute Gasteiger partial charge is 0.486 e. The zero-order valence-corrected chi connectivity index (χ0v) is 13.8. The van der Waals surface area contributed by atoms with Crippen molar-refractivity contribution in [1.82, 2.24) is 15.3 Å². The molecule has 0 radical (unpaired) electrons. The number of carbonyl (C=O) groups excluding carboxylic acids is 1. The van der Waals surface area contributed by atoms with Crippen LogP contribution in [0.1, 0.15) is 31.2 Å². The van der Waals surface area contributed by atoms with E-state index in [0.29, 0.717) is 19.0 Å². The Morgan fingerprint density at radius 3 is 2.64 bits per heavy atom. The van der Waals surface area contributed by atoms with Crippen molar-refractivity contribution in [2.45, 2.75) is 31.2 Å². The summed E-state index contributed by atoms with van der Waals surface area (Å²) in [5.74, 6) is 1.98. The van der Waals surface area contributed by atoms with Gasteiger partial charge in [0.1, 0.15) is 25.4 Å². The average Bonchev–Trinajstić information content (AvgIpc) is 3.11. The number of rotatable bonds is 3.